The fourth-order valence-corrected chi connectivity index (χ4v) is 8.16. The van der Waals surface area contributed by atoms with E-state index in [0.717, 1.165) is 6.42 Å². The van der Waals surface area contributed by atoms with Gasteiger partial charge in [-0.15, -0.1) is 0 Å². The molecule has 5 aliphatic rings. The van der Waals surface area contributed by atoms with Crippen LogP contribution in [-0.4, -0.2) is 117 Å². The number of ketones is 2. The normalized spacial score (nSPS) is 27.0. The van der Waals surface area contributed by atoms with E-state index in [1.54, 1.807) is 42.5 Å². The van der Waals surface area contributed by atoms with Crippen LogP contribution in [0.2, 0.25) is 0 Å². The summed E-state index contributed by atoms with van der Waals surface area (Å²) in [6.07, 6.45) is -5.65. The van der Waals surface area contributed by atoms with Crippen LogP contribution >= 0.6 is 0 Å². The Morgan fingerprint density at radius 1 is 0.891 bits per heavy atom. The van der Waals surface area contributed by atoms with Crippen LogP contribution in [0, 0.1) is 5.41 Å². The van der Waals surface area contributed by atoms with Crippen molar-refractivity contribution in [3.63, 3.8) is 0 Å². The maximum atomic E-state index is 14.2. The second-order valence-electron chi connectivity index (χ2n) is 14.2. The molecule has 0 amide bonds. The lowest BCUT2D eigenvalue weighted by atomic mass is 9.76. The van der Waals surface area contributed by atoms with Gasteiger partial charge in [-0.1, -0.05) is 61.7 Å². The van der Waals surface area contributed by atoms with Gasteiger partial charge in [-0.3, -0.25) is 15.0 Å². The minimum absolute atomic E-state index is 0.00267. The molecule has 286 valence electrons. The number of carbonyl (C=O) groups excluding carboxylic acids is 2. The number of fused-ring (bicyclic) bond motifs is 3. The zero-order chi connectivity index (χ0) is 38.6. The predicted octanol–water partition coefficient (Wildman–Crippen LogP) is -0.660. The van der Waals surface area contributed by atoms with Gasteiger partial charge in [-0.05, 0) is 25.0 Å². The first-order valence-electron chi connectivity index (χ1n) is 18.1. The number of aliphatic hydroxyl groups excluding tert-OH is 4. The van der Waals surface area contributed by atoms with Gasteiger partial charge in [-0.25, -0.2) is 14.9 Å². The number of benzene rings is 3. The van der Waals surface area contributed by atoms with Crippen LogP contribution in [0.5, 0.6) is 11.5 Å². The van der Waals surface area contributed by atoms with Crippen LogP contribution in [-0.2, 0) is 11.2 Å². The van der Waals surface area contributed by atoms with Gasteiger partial charge in [0.05, 0.1) is 17.8 Å². The molecule has 1 saturated heterocycles. The number of carbonyl (C=O) groups is 2. The van der Waals surface area contributed by atoms with E-state index in [9.17, 15) is 40.2 Å². The highest BCUT2D eigenvalue weighted by Gasteiger charge is 2.54. The molecular weight excluding hydrogens is 714 g/mol. The van der Waals surface area contributed by atoms with Crippen molar-refractivity contribution in [3.05, 3.63) is 88.0 Å². The van der Waals surface area contributed by atoms with E-state index in [1.165, 1.54) is 12.1 Å². The van der Waals surface area contributed by atoms with Gasteiger partial charge in [-0.2, -0.15) is 4.99 Å². The molecule has 0 aromatic heterocycles. The van der Waals surface area contributed by atoms with Crippen LogP contribution in [0.15, 0.2) is 69.6 Å². The Balaban J connectivity index is 1.27. The first-order valence-corrected chi connectivity index (χ1v) is 18.1. The van der Waals surface area contributed by atoms with E-state index >= 15 is 0 Å². The average Bonchev–Trinajstić information content (AvgIpc) is 3.61. The third-order valence-corrected chi connectivity index (χ3v) is 10.8. The van der Waals surface area contributed by atoms with Crippen LogP contribution in [0.1, 0.15) is 75.1 Å². The zero-order valence-electron chi connectivity index (χ0n) is 29.5. The van der Waals surface area contributed by atoms with Crippen molar-refractivity contribution in [2.75, 3.05) is 19.9 Å². The molecule has 6 unspecified atom stereocenters. The highest BCUT2D eigenvalue weighted by Crippen LogP contribution is 2.45. The smallest absolute Gasteiger partial charge is 0.262 e. The number of hydrogen-bond acceptors (Lipinski definition) is 13. The second kappa shape index (κ2) is 14.5. The van der Waals surface area contributed by atoms with E-state index < -0.39 is 66.3 Å². The molecule has 0 radical (unpaired) electrons. The summed E-state index contributed by atoms with van der Waals surface area (Å²) in [5, 5.41) is 75.5. The van der Waals surface area contributed by atoms with Crippen LogP contribution < -0.4 is 19.5 Å². The Morgan fingerprint density at radius 3 is 2.35 bits per heavy atom. The molecule has 16 heteroatoms. The number of aliphatic imine (C=N–C) groups is 3. The lowest BCUT2D eigenvalue weighted by molar-refractivity contribution is -0.723. The van der Waals surface area contributed by atoms with Gasteiger partial charge in [0.25, 0.3) is 5.84 Å². The summed E-state index contributed by atoms with van der Waals surface area (Å²) in [5.74, 6) is -2.28. The van der Waals surface area contributed by atoms with Gasteiger partial charge in [0.15, 0.2) is 35.4 Å². The summed E-state index contributed by atoms with van der Waals surface area (Å²) in [6.45, 7) is -0.730. The topological polar surface area (TPSA) is 251 Å². The maximum Gasteiger partial charge on any atom is 0.262 e. The molecule has 2 fully saturated rings. The predicted molar refractivity (Wildman–Crippen MR) is 192 cm³/mol. The summed E-state index contributed by atoms with van der Waals surface area (Å²) < 4.78 is 18.6. The molecule has 3 aliphatic heterocycles. The molecule has 3 heterocycles. The van der Waals surface area contributed by atoms with Gasteiger partial charge >= 0.3 is 0 Å². The fraction of sp³-hybridized carbons (Fsp3) is 0.385. The number of amidine groups is 1. The van der Waals surface area contributed by atoms with Crippen molar-refractivity contribution >= 4 is 40.7 Å². The Morgan fingerprint density at radius 2 is 1.60 bits per heavy atom. The number of hydrogen-bond donors (Lipinski definition) is 7. The Labute approximate surface area is 314 Å². The number of nitrogens with zero attached hydrogens (tertiary/aromatic N) is 3. The number of para-hydroxylation sites is 1. The van der Waals surface area contributed by atoms with Crippen molar-refractivity contribution < 1.29 is 59.3 Å². The first kappa shape index (κ1) is 36.8. The average molecular weight is 754 g/mol. The molecule has 3 aromatic carbocycles. The van der Waals surface area contributed by atoms with Crippen molar-refractivity contribution in [1.82, 2.24) is 0 Å². The first-order chi connectivity index (χ1) is 26.5. The van der Waals surface area contributed by atoms with Crippen molar-refractivity contribution in [1.29, 1.82) is 5.41 Å². The quantitative estimate of drug-likeness (QED) is 0.113. The Bertz CT molecular complexity index is 2180. The standard InChI is InChI=1S/C39H39N5O11/c40-38-42-35-26(36(51)43-38)41-18-44(35)24-11-5-2-8-19(24)16-20-17-23-25(28(47)22-10-4-3-9-21(22)27(23)46)33(53-15-14-45)32(20)54-37-31(50)29(48)30(49)34(55-37)39(52)12-6-1-7-13-39/h2-5,8-11,17,29-31,34,37,45,48-50,52H,1,6-7,12-16,18H2,(H2,40,43,51). The van der Waals surface area contributed by atoms with Gasteiger partial charge in [0, 0.05) is 40.1 Å². The minimum atomic E-state index is -1.84. The number of nitrogens with one attached hydrogen (secondary N) is 2. The molecule has 0 bridgehead atoms. The summed E-state index contributed by atoms with van der Waals surface area (Å²) in [4.78, 5) is 41.0. The Hall–Kier alpha value is -5.20. The number of aliphatic hydroxyl groups is 5. The second-order valence-corrected chi connectivity index (χ2v) is 14.2. The lowest BCUT2D eigenvalue weighted by Crippen LogP contribution is -3.09. The number of ether oxygens (including phenoxy) is 3. The molecule has 7 N–H and O–H groups in total. The molecule has 55 heavy (non-hydrogen) atoms. The summed E-state index contributed by atoms with van der Waals surface area (Å²) in [6, 6.07) is 15.0. The van der Waals surface area contributed by atoms with Crippen molar-refractivity contribution in [2.24, 2.45) is 15.0 Å². The molecule has 1 saturated carbocycles. The largest absolute Gasteiger partial charge is 0.857 e. The summed E-state index contributed by atoms with van der Waals surface area (Å²) in [7, 11) is 0. The zero-order valence-corrected chi connectivity index (χ0v) is 29.5. The SMILES string of the molecule is N=C1N=C([O-])C2=NC[NH+](c3ccccc3Cc3cc4c(c(OCCO)c3OC3OC(C5(O)CCCCC5)C(O)C(O)C3O)C(=O)c3ccccc3C4=O)C2=N1. The van der Waals surface area contributed by atoms with Gasteiger partial charge in [0.2, 0.25) is 12.2 Å². The van der Waals surface area contributed by atoms with E-state index in [-0.39, 0.29) is 83.4 Å². The molecule has 2 aliphatic carbocycles. The fourth-order valence-electron chi connectivity index (χ4n) is 8.16. The van der Waals surface area contributed by atoms with E-state index in [2.05, 4.69) is 15.0 Å². The van der Waals surface area contributed by atoms with Crippen LogP contribution in [0.4, 0.5) is 5.69 Å². The van der Waals surface area contributed by atoms with Crippen LogP contribution in [0.25, 0.3) is 0 Å². The van der Waals surface area contributed by atoms with Gasteiger partial charge < -0.3 is 44.8 Å². The molecule has 0 spiro atoms. The third kappa shape index (κ3) is 6.34. The molecule has 16 nitrogen and oxygen atoms in total. The van der Waals surface area contributed by atoms with E-state index in [1.807, 2.05) is 0 Å². The van der Waals surface area contributed by atoms with E-state index in [4.69, 9.17) is 19.6 Å². The lowest BCUT2D eigenvalue weighted by Gasteiger charge is -2.48. The van der Waals surface area contributed by atoms with E-state index in [0.29, 0.717) is 29.0 Å². The van der Waals surface area contributed by atoms with Crippen molar-refractivity contribution in [3.8, 4) is 11.5 Å². The molecule has 3 aromatic rings. The number of quaternary nitrogens is 1. The van der Waals surface area contributed by atoms with Crippen molar-refractivity contribution in [2.45, 2.75) is 74.8 Å². The third-order valence-electron chi connectivity index (χ3n) is 10.8. The maximum absolute atomic E-state index is 14.2. The highest BCUT2D eigenvalue weighted by molar-refractivity contribution is 6.66. The summed E-state index contributed by atoms with van der Waals surface area (Å²) >= 11 is 0. The molecule has 8 rings (SSSR count). The molecule has 6 atom stereocenters. The monoisotopic (exact) mass is 753 g/mol. The number of guanidine groups is 1. The Kier molecular flexibility index (Phi) is 9.67. The summed E-state index contributed by atoms with van der Waals surface area (Å²) in [5.41, 5.74) is 0.183. The number of rotatable bonds is 9. The minimum Gasteiger partial charge on any atom is -0.857 e. The van der Waals surface area contributed by atoms with Crippen LogP contribution in [0.3, 0.4) is 0 Å². The molecular formula is C39H39N5O11. The van der Waals surface area contributed by atoms with Gasteiger partial charge in [0.1, 0.15) is 36.7 Å². The highest BCUT2D eigenvalue weighted by atomic mass is 16.7.